The van der Waals surface area contributed by atoms with E-state index in [4.69, 9.17) is 0 Å². The van der Waals surface area contributed by atoms with Crippen LogP contribution < -0.4 is 21.1 Å². The second-order valence-corrected chi connectivity index (χ2v) is 7.48. The standard InChI is InChI=1S/C17H24N6O2S/c1-12(2)23-15(24)7-6-14(21-23)22-9-4-3-5-13(22)11-19-16(25)20-17-18-8-10-26-17/h6-8,10,12-13H,3-5,9,11H2,1-2H3,(H2,18,19,20,25). The summed E-state index contributed by atoms with van der Waals surface area (Å²) < 4.78 is 1.50. The van der Waals surface area contributed by atoms with E-state index in [9.17, 15) is 9.59 Å². The van der Waals surface area contributed by atoms with Crippen LogP contribution in [0, 0.1) is 0 Å². The van der Waals surface area contributed by atoms with Gasteiger partial charge in [0.25, 0.3) is 5.56 Å². The summed E-state index contributed by atoms with van der Waals surface area (Å²) in [5.74, 6) is 0.783. The fourth-order valence-corrected chi connectivity index (χ4v) is 3.61. The van der Waals surface area contributed by atoms with E-state index in [0.29, 0.717) is 11.7 Å². The van der Waals surface area contributed by atoms with E-state index < -0.39 is 0 Å². The second-order valence-electron chi connectivity index (χ2n) is 6.58. The maximum Gasteiger partial charge on any atom is 0.321 e. The maximum atomic E-state index is 12.0. The molecule has 1 fully saturated rings. The van der Waals surface area contributed by atoms with Gasteiger partial charge in [-0.1, -0.05) is 0 Å². The van der Waals surface area contributed by atoms with Crippen molar-refractivity contribution >= 4 is 28.3 Å². The molecule has 1 aliphatic rings. The minimum atomic E-state index is -0.259. The highest BCUT2D eigenvalue weighted by atomic mass is 32.1. The summed E-state index contributed by atoms with van der Waals surface area (Å²) in [5, 5.41) is 12.6. The number of urea groups is 1. The molecule has 0 aromatic carbocycles. The van der Waals surface area contributed by atoms with Crippen LogP contribution in [0.2, 0.25) is 0 Å². The van der Waals surface area contributed by atoms with Crippen molar-refractivity contribution in [2.24, 2.45) is 0 Å². The van der Waals surface area contributed by atoms with Crippen molar-refractivity contribution in [3.8, 4) is 0 Å². The Bertz CT molecular complexity index is 789. The number of hydrogen-bond acceptors (Lipinski definition) is 6. The van der Waals surface area contributed by atoms with Crippen LogP contribution in [0.4, 0.5) is 15.7 Å². The summed E-state index contributed by atoms with van der Waals surface area (Å²) in [6, 6.07) is 3.24. The molecule has 2 N–H and O–H groups in total. The molecule has 1 saturated heterocycles. The van der Waals surface area contributed by atoms with Crippen molar-refractivity contribution < 1.29 is 4.79 Å². The van der Waals surface area contributed by atoms with Gasteiger partial charge in [0.1, 0.15) is 5.82 Å². The van der Waals surface area contributed by atoms with Gasteiger partial charge in [0, 0.05) is 36.8 Å². The highest BCUT2D eigenvalue weighted by Crippen LogP contribution is 2.22. The predicted octanol–water partition coefficient (Wildman–Crippen LogP) is 2.46. The number of anilines is 2. The fraction of sp³-hybridized carbons (Fsp3) is 0.529. The van der Waals surface area contributed by atoms with Crippen molar-refractivity contribution in [1.82, 2.24) is 20.1 Å². The number of nitrogens with zero attached hydrogens (tertiary/aromatic N) is 4. The fourth-order valence-electron chi connectivity index (χ4n) is 3.09. The molecule has 1 unspecified atom stereocenters. The average molecular weight is 376 g/mol. The summed E-state index contributed by atoms with van der Waals surface area (Å²) in [7, 11) is 0. The van der Waals surface area contributed by atoms with Crippen molar-refractivity contribution in [2.45, 2.75) is 45.2 Å². The molecule has 0 saturated carbocycles. The first kappa shape index (κ1) is 18.4. The van der Waals surface area contributed by atoms with Gasteiger partial charge in [-0.2, -0.15) is 5.10 Å². The number of aromatic nitrogens is 3. The van der Waals surface area contributed by atoms with Gasteiger partial charge in [0.15, 0.2) is 5.13 Å². The van der Waals surface area contributed by atoms with E-state index in [1.54, 1.807) is 18.3 Å². The Kier molecular flexibility index (Phi) is 5.87. The third-order valence-electron chi connectivity index (χ3n) is 4.37. The Labute approximate surface area is 156 Å². The van der Waals surface area contributed by atoms with Gasteiger partial charge in [0.05, 0.1) is 6.04 Å². The van der Waals surface area contributed by atoms with E-state index in [2.05, 4.69) is 25.6 Å². The molecular weight excluding hydrogens is 352 g/mol. The van der Waals surface area contributed by atoms with Gasteiger partial charge in [0.2, 0.25) is 0 Å². The van der Waals surface area contributed by atoms with E-state index in [1.807, 2.05) is 19.2 Å². The smallest absolute Gasteiger partial charge is 0.321 e. The molecule has 0 aliphatic carbocycles. The molecule has 140 valence electrons. The number of hydrogen-bond donors (Lipinski definition) is 2. The molecule has 2 aromatic rings. The lowest BCUT2D eigenvalue weighted by Crippen LogP contribution is -2.48. The third-order valence-corrected chi connectivity index (χ3v) is 5.06. The van der Waals surface area contributed by atoms with Crippen LogP contribution in [0.25, 0.3) is 0 Å². The second kappa shape index (κ2) is 8.31. The lowest BCUT2D eigenvalue weighted by molar-refractivity contribution is 0.250. The SMILES string of the molecule is CC(C)n1nc(N2CCCCC2CNC(=O)Nc2nccs2)ccc1=O. The maximum absolute atomic E-state index is 12.0. The molecule has 8 nitrogen and oxygen atoms in total. The summed E-state index contributed by atoms with van der Waals surface area (Å²) in [6.07, 6.45) is 4.81. The Balaban J connectivity index is 1.67. The van der Waals surface area contributed by atoms with Crippen LogP contribution in [0.15, 0.2) is 28.5 Å². The molecule has 1 aliphatic heterocycles. The minimum absolute atomic E-state index is 0.00730. The lowest BCUT2D eigenvalue weighted by atomic mass is 10.0. The van der Waals surface area contributed by atoms with Crippen LogP contribution in [0.1, 0.15) is 39.2 Å². The van der Waals surface area contributed by atoms with E-state index in [-0.39, 0.29) is 23.7 Å². The Morgan fingerprint density at radius 1 is 1.38 bits per heavy atom. The zero-order valence-electron chi connectivity index (χ0n) is 15.0. The van der Waals surface area contributed by atoms with Gasteiger partial charge < -0.3 is 10.2 Å². The largest absolute Gasteiger partial charge is 0.350 e. The van der Waals surface area contributed by atoms with Crippen molar-refractivity contribution in [3.05, 3.63) is 34.1 Å². The average Bonchev–Trinajstić information content (AvgIpc) is 3.13. The third kappa shape index (κ3) is 4.40. The first-order valence-corrected chi connectivity index (χ1v) is 9.73. The molecule has 1 atom stereocenters. The number of rotatable bonds is 5. The number of piperidine rings is 1. The molecular formula is C17H24N6O2S. The van der Waals surface area contributed by atoms with E-state index in [1.165, 1.54) is 16.0 Å². The molecule has 0 radical (unpaired) electrons. The Morgan fingerprint density at radius 2 is 2.23 bits per heavy atom. The van der Waals surface area contributed by atoms with Crippen molar-refractivity contribution in [3.63, 3.8) is 0 Å². The van der Waals surface area contributed by atoms with Gasteiger partial charge in [-0.25, -0.2) is 14.5 Å². The number of carbonyl (C=O) groups is 1. The Morgan fingerprint density at radius 3 is 2.96 bits per heavy atom. The quantitative estimate of drug-likeness (QED) is 0.836. The zero-order valence-corrected chi connectivity index (χ0v) is 15.8. The normalized spacial score (nSPS) is 17.3. The minimum Gasteiger partial charge on any atom is -0.350 e. The Hall–Kier alpha value is -2.42. The number of amides is 2. The lowest BCUT2D eigenvalue weighted by Gasteiger charge is -2.36. The van der Waals surface area contributed by atoms with Crippen molar-refractivity contribution in [1.29, 1.82) is 0 Å². The highest BCUT2D eigenvalue weighted by Gasteiger charge is 2.25. The van der Waals surface area contributed by atoms with Crippen molar-refractivity contribution in [2.75, 3.05) is 23.3 Å². The molecule has 0 spiro atoms. The first-order chi connectivity index (χ1) is 12.5. The van der Waals surface area contributed by atoms with E-state index >= 15 is 0 Å². The summed E-state index contributed by atoms with van der Waals surface area (Å²) in [5.41, 5.74) is -0.0988. The predicted molar refractivity (Wildman–Crippen MR) is 103 cm³/mol. The van der Waals surface area contributed by atoms with Crippen LogP contribution in [-0.2, 0) is 0 Å². The molecule has 2 amide bonds. The molecule has 0 bridgehead atoms. The van der Waals surface area contributed by atoms with Gasteiger partial charge in [-0.3, -0.25) is 10.1 Å². The number of nitrogens with one attached hydrogen (secondary N) is 2. The first-order valence-electron chi connectivity index (χ1n) is 8.85. The highest BCUT2D eigenvalue weighted by molar-refractivity contribution is 7.13. The monoisotopic (exact) mass is 376 g/mol. The number of thiazole rings is 1. The molecule has 26 heavy (non-hydrogen) atoms. The van der Waals surface area contributed by atoms with E-state index in [0.717, 1.165) is 31.6 Å². The van der Waals surface area contributed by atoms with Crippen LogP contribution in [-0.4, -0.2) is 39.9 Å². The topological polar surface area (TPSA) is 92.2 Å². The van der Waals surface area contributed by atoms with Gasteiger partial charge in [-0.15, -0.1) is 11.3 Å². The molecule has 3 rings (SSSR count). The van der Waals surface area contributed by atoms with Crippen LogP contribution in [0.5, 0.6) is 0 Å². The van der Waals surface area contributed by atoms with Crippen LogP contribution in [0.3, 0.4) is 0 Å². The number of carbonyl (C=O) groups excluding carboxylic acids is 1. The summed E-state index contributed by atoms with van der Waals surface area (Å²) in [4.78, 5) is 30.2. The van der Waals surface area contributed by atoms with Gasteiger partial charge in [-0.05, 0) is 39.2 Å². The molecule has 9 heteroatoms. The summed E-state index contributed by atoms with van der Waals surface area (Å²) >= 11 is 1.38. The zero-order chi connectivity index (χ0) is 18.5. The molecule has 2 aromatic heterocycles. The van der Waals surface area contributed by atoms with Gasteiger partial charge >= 0.3 is 6.03 Å². The summed E-state index contributed by atoms with van der Waals surface area (Å²) in [6.45, 7) is 5.26. The van der Waals surface area contributed by atoms with Crippen LogP contribution >= 0.6 is 11.3 Å². The molecule has 3 heterocycles.